The summed E-state index contributed by atoms with van der Waals surface area (Å²) in [5.74, 6) is -0.180. The van der Waals surface area contributed by atoms with Crippen LogP contribution in [0.15, 0.2) is 41.2 Å². The van der Waals surface area contributed by atoms with Gasteiger partial charge < -0.3 is 0 Å². The molecule has 0 aliphatic carbocycles. The first kappa shape index (κ1) is 14.7. The van der Waals surface area contributed by atoms with Gasteiger partial charge in [-0.1, -0.05) is 56.4 Å². The zero-order chi connectivity index (χ0) is 14.9. The third-order valence-electron chi connectivity index (χ3n) is 3.24. The van der Waals surface area contributed by atoms with Gasteiger partial charge in [0.2, 0.25) is 4.74 Å². The Morgan fingerprint density at radius 3 is 2.05 bits per heavy atom. The van der Waals surface area contributed by atoms with Crippen molar-refractivity contribution in [3.63, 3.8) is 0 Å². The smallest absolute Gasteiger partial charge is 0.243 e. The maximum Gasteiger partial charge on any atom is 0.243 e. The van der Waals surface area contributed by atoms with Crippen LogP contribution in [-0.2, 0) is 5.41 Å². The van der Waals surface area contributed by atoms with Gasteiger partial charge in [0.1, 0.15) is 0 Å². The Bertz CT molecular complexity index is 688. The first-order chi connectivity index (χ1) is 9.29. The standard InChI is InChI=1S/C17H18O2S/c1-11(18)14-9-10-15(20-16(14)19)12-5-7-13(8-6-12)17(2,3)4/h5-10H,1-4H3. The molecule has 0 aliphatic rings. The van der Waals surface area contributed by atoms with Crippen molar-refractivity contribution in [3.05, 3.63) is 57.1 Å². The maximum absolute atomic E-state index is 11.9. The highest BCUT2D eigenvalue weighted by Gasteiger charge is 2.13. The van der Waals surface area contributed by atoms with E-state index < -0.39 is 0 Å². The second-order valence-electron chi connectivity index (χ2n) is 5.88. The van der Waals surface area contributed by atoms with Crippen molar-refractivity contribution in [2.75, 3.05) is 0 Å². The summed E-state index contributed by atoms with van der Waals surface area (Å²) in [5, 5.41) is 0. The molecule has 0 aliphatic heterocycles. The number of benzene rings is 1. The van der Waals surface area contributed by atoms with Crippen LogP contribution in [0.4, 0.5) is 0 Å². The Kier molecular flexibility index (Phi) is 3.91. The summed E-state index contributed by atoms with van der Waals surface area (Å²) in [5.41, 5.74) is 2.65. The highest BCUT2D eigenvalue weighted by atomic mass is 32.1. The van der Waals surface area contributed by atoms with Crippen molar-refractivity contribution < 1.29 is 4.79 Å². The van der Waals surface area contributed by atoms with Crippen LogP contribution < -0.4 is 4.74 Å². The number of hydrogen-bond donors (Lipinski definition) is 0. The fraction of sp³-hybridized carbons (Fsp3) is 0.294. The molecule has 0 amide bonds. The minimum absolute atomic E-state index is 0.115. The first-order valence-corrected chi connectivity index (χ1v) is 7.37. The van der Waals surface area contributed by atoms with Gasteiger partial charge in [-0.05, 0) is 35.6 Å². The summed E-state index contributed by atoms with van der Waals surface area (Å²) < 4.78 is -0.171. The molecule has 0 saturated carbocycles. The molecule has 0 unspecified atom stereocenters. The molecule has 0 N–H and O–H groups in total. The van der Waals surface area contributed by atoms with Crippen LogP contribution in [0.25, 0.3) is 10.4 Å². The summed E-state index contributed by atoms with van der Waals surface area (Å²) in [4.78, 5) is 24.0. The van der Waals surface area contributed by atoms with Crippen molar-refractivity contribution in [2.24, 2.45) is 0 Å². The van der Waals surface area contributed by atoms with Gasteiger partial charge in [0, 0.05) is 4.88 Å². The van der Waals surface area contributed by atoms with Crippen LogP contribution in [-0.4, -0.2) is 5.78 Å². The Morgan fingerprint density at radius 2 is 1.60 bits per heavy atom. The zero-order valence-electron chi connectivity index (χ0n) is 12.2. The third kappa shape index (κ3) is 3.05. The Morgan fingerprint density at radius 1 is 1.00 bits per heavy atom. The van der Waals surface area contributed by atoms with E-state index in [4.69, 9.17) is 0 Å². The molecular weight excluding hydrogens is 268 g/mol. The molecule has 1 heterocycles. The Labute approximate surface area is 123 Å². The van der Waals surface area contributed by atoms with E-state index in [0.717, 1.165) is 21.8 Å². The lowest BCUT2D eigenvalue weighted by atomic mass is 9.86. The second kappa shape index (κ2) is 5.33. The minimum Gasteiger partial charge on any atom is -0.294 e. The second-order valence-corrected chi connectivity index (χ2v) is 6.90. The molecule has 2 nitrogen and oxygen atoms in total. The summed E-state index contributed by atoms with van der Waals surface area (Å²) in [6.07, 6.45) is 0. The lowest BCUT2D eigenvalue weighted by Gasteiger charge is -2.19. The van der Waals surface area contributed by atoms with Gasteiger partial charge in [-0.25, -0.2) is 0 Å². The van der Waals surface area contributed by atoms with Crippen molar-refractivity contribution in [3.8, 4) is 10.4 Å². The molecule has 0 bridgehead atoms. The highest BCUT2D eigenvalue weighted by molar-refractivity contribution is 7.13. The van der Waals surface area contributed by atoms with Crippen molar-refractivity contribution in [1.29, 1.82) is 0 Å². The predicted octanol–water partition coefficient (Wildman–Crippen LogP) is 4.28. The van der Waals surface area contributed by atoms with E-state index in [1.165, 1.54) is 12.5 Å². The topological polar surface area (TPSA) is 34.1 Å². The van der Waals surface area contributed by atoms with Crippen LogP contribution in [0.5, 0.6) is 0 Å². The summed E-state index contributed by atoms with van der Waals surface area (Å²) in [6, 6.07) is 11.7. The molecule has 2 rings (SSSR count). The molecule has 1 aromatic heterocycles. The first-order valence-electron chi connectivity index (χ1n) is 6.55. The van der Waals surface area contributed by atoms with E-state index in [1.807, 2.05) is 18.2 Å². The quantitative estimate of drug-likeness (QED) is 0.772. The van der Waals surface area contributed by atoms with Gasteiger partial charge in [0.25, 0.3) is 0 Å². The number of carbonyl (C=O) groups excluding carboxylic acids is 1. The van der Waals surface area contributed by atoms with Crippen molar-refractivity contribution in [2.45, 2.75) is 33.1 Å². The molecule has 0 saturated heterocycles. The molecule has 1 aromatic carbocycles. The molecule has 3 heteroatoms. The number of rotatable bonds is 2. The lowest BCUT2D eigenvalue weighted by molar-refractivity contribution is 0.101. The monoisotopic (exact) mass is 286 g/mol. The van der Waals surface area contributed by atoms with Crippen LogP contribution >= 0.6 is 11.3 Å². The average molecular weight is 286 g/mol. The van der Waals surface area contributed by atoms with E-state index in [1.54, 1.807) is 6.07 Å². The third-order valence-corrected chi connectivity index (χ3v) is 4.24. The van der Waals surface area contributed by atoms with Crippen LogP contribution in [0.2, 0.25) is 0 Å². The van der Waals surface area contributed by atoms with E-state index in [0.29, 0.717) is 0 Å². The van der Waals surface area contributed by atoms with E-state index in [9.17, 15) is 9.59 Å². The van der Waals surface area contributed by atoms with Crippen LogP contribution in [0.1, 0.15) is 43.6 Å². The van der Waals surface area contributed by atoms with Gasteiger partial charge in [-0.2, -0.15) is 0 Å². The van der Waals surface area contributed by atoms with E-state index in [-0.39, 0.29) is 21.5 Å². The number of Topliss-reactive ketones (excluding diaryl/α,β-unsaturated/α-hetero) is 1. The Balaban J connectivity index is 2.40. The molecule has 104 valence electrons. The summed E-state index contributed by atoms with van der Waals surface area (Å²) >= 11 is 1.12. The zero-order valence-corrected chi connectivity index (χ0v) is 13.0. The van der Waals surface area contributed by atoms with E-state index >= 15 is 0 Å². The van der Waals surface area contributed by atoms with Crippen LogP contribution in [0, 0.1) is 0 Å². The molecule has 0 atom stereocenters. The lowest BCUT2D eigenvalue weighted by Crippen LogP contribution is -2.10. The predicted molar refractivity (Wildman–Crippen MR) is 84.7 cm³/mol. The minimum atomic E-state index is -0.180. The summed E-state index contributed by atoms with van der Waals surface area (Å²) in [7, 11) is 0. The van der Waals surface area contributed by atoms with Gasteiger partial charge in [0.15, 0.2) is 5.78 Å². The molecule has 0 spiro atoms. The summed E-state index contributed by atoms with van der Waals surface area (Å²) in [6.45, 7) is 7.92. The number of ketones is 1. The van der Waals surface area contributed by atoms with Gasteiger partial charge in [0.05, 0.1) is 5.56 Å². The average Bonchev–Trinajstić information content (AvgIpc) is 2.37. The fourth-order valence-corrected chi connectivity index (χ4v) is 2.88. The molecule has 0 fully saturated rings. The SMILES string of the molecule is CC(=O)c1ccc(-c2ccc(C(C)(C)C)cc2)sc1=O. The largest absolute Gasteiger partial charge is 0.294 e. The molecule has 0 radical (unpaired) electrons. The van der Waals surface area contributed by atoms with Gasteiger partial charge in [-0.3, -0.25) is 9.59 Å². The van der Waals surface area contributed by atoms with Gasteiger partial charge >= 0.3 is 0 Å². The van der Waals surface area contributed by atoms with Crippen LogP contribution in [0.3, 0.4) is 0 Å². The number of carbonyl (C=O) groups is 1. The number of hydrogen-bond acceptors (Lipinski definition) is 3. The van der Waals surface area contributed by atoms with Gasteiger partial charge in [-0.15, -0.1) is 0 Å². The van der Waals surface area contributed by atoms with Crippen molar-refractivity contribution in [1.82, 2.24) is 0 Å². The molecule has 2 aromatic rings. The molecular formula is C17H18O2S. The molecule has 20 heavy (non-hydrogen) atoms. The fourth-order valence-electron chi connectivity index (χ4n) is 1.97. The highest BCUT2D eigenvalue weighted by Crippen LogP contribution is 2.27. The maximum atomic E-state index is 11.9. The van der Waals surface area contributed by atoms with E-state index in [2.05, 4.69) is 32.9 Å². The van der Waals surface area contributed by atoms with Crippen molar-refractivity contribution >= 4 is 17.1 Å². The Hall–Kier alpha value is -1.74. The normalized spacial score (nSPS) is 11.4.